The number of hydrogen-bond donors (Lipinski definition) is 0. The summed E-state index contributed by atoms with van der Waals surface area (Å²) in [5, 5.41) is 0.927. The zero-order chi connectivity index (χ0) is 14.2. The summed E-state index contributed by atoms with van der Waals surface area (Å²) in [5.41, 5.74) is 0.961. The molecule has 4 nitrogen and oxygen atoms in total. The van der Waals surface area contributed by atoms with Crippen molar-refractivity contribution in [2.24, 2.45) is 0 Å². The maximum absolute atomic E-state index is 12.1. The first-order valence-electron chi connectivity index (χ1n) is 6.30. The van der Waals surface area contributed by atoms with Crippen molar-refractivity contribution in [1.29, 1.82) is 0 Å². The van der Waals surface area contributed by atoms with Crippen molar-refractivity contribution in [2.75, 3.05) is 0 Å². The van der Waals surface area contributed by atoms with E-state index in [0.717, 1.165) is 16.6 Å². The van der Waals surface area contributed by atoms with E-state index in [4.69, 9.17) is 0 Å². The average molecular weight is 258 g/mol. The maximum Gasteiger partial charge on any atom is 0.348 e. The number of rotatable bonds is 2. The lowest BCUT2D eigenvalue weighted by atomic mass is 9.89. The first kappa shape index (κ1) is 13.5. The van der Waals surface area contributed by atoms with Crippen molar-refractivity contribution in [3.05, 3.63) is 40.4 Å². The second kappa shape index (κ2) is 4.61. The Kier molecular flexibility index (Phi) is 3.27. The Morgan fingerprint density at radius 1 is 1.26 bits per heavy atom. The van der Waals surface area contributed by atoms with Crippen LogP contribution in [0.3, 0.4) is 0 Å². The van der Waals surface area contributed by atoms with Crippen LogP contribution in [0.25, 0.3) is 10.9 Å². The first-order chi connectivity index (χ1) is 8.80. The molecule has 0 unspecified atom stereocenters. The largest absolute Gasteiger partial charge is 0.348 e. The number of aromatic nitrogens is 2. The number of ketones is 1. The van der Waals surface area contributed by atoms with Crippen LogP contribution in [-0.2, 0) is 16.8 Å². The minimum Gasteiger partial charge on any atom is -0.298 e. The van der Waals surface area contributed by atoms with Crippen LogP contribution in [0.2, 0.25) is 0 Å². The van der Waals surface area contributed by atoms with Crippen molar-refractivity contribution in [3.8, 4) is 0 Å². The highest BCUT2D eigenvalue weighted by atomic mass is 16.2. The number of para-hydroxylation sites is 1. The number of carbonyl (C=O) groups excluding carboxylic acids is 1. The van der Waals surface area contributed by atoms with Gasteiger partial charge in [-0.05, 0) is 13.0 Å². The van der Waals surface area contributed by atoms with Gasteiger partial charge in [0.05, 0.1) is 17.8 Å². The number of benzene rings is 1. The topological polar surface area (TPSA) is 52.0 Å². The molecule has 0 fully saturated rings. The lowest BCUT2D eigenvalue weighted by Crippen LogP contribution is -2.30. The van der Waals surface area contributed by atoms with Gasteiger partial charge in [-0.15, -0.1) is 0 Å². The van der Waals surface area contributed by atoms with Crippen LogP contribution in [0, 0.1) is 0 Å². The van der Waals surface area contributed by atoms with Gasteiger partial charge in [0, 0.05) is 10.8 Å². The van der Waals surface area contributed by atoms with E-state index in [2.05, 4.69) is 4.98 Å². The summed E-state index contributed by atoms with van der Waals surface area (Å²) < 4.78 is 1.44. The standard InChI is InChI=1S/C15H18N2O2/c1-10(18)9-17-12-8-6-5-7-11(12)13(15(2,3)4)16-14(17)19/h5-8H,9H2,1-4H3. The third-order valence-electron chi connectivity index (χ3n) is 2.98. The normalized spacial score (nSPS) is 11.8. The molecule has 0 aliphatic carbocycles. The molecule has 100 valence electrons. The number of fused-ring (bicyclic) bond motifs is 1. The molecule has 0 N–H and O–H groups in total. The Hall–Kier alpha value is -1.97. The predicted molar refractivity (Wildman–Crippen MR) is 75.4 cm³/mol. The fourth-order valence-corrected chi connectivity index (χ4v) is 2.18. The third-order valence-corrected chi connectivity index (χ3v) is 2.98. The minimum atomic E-state index is -0.362. The number of carbonyl (C=O) groups is 1. The van der Waals surface area contributed by atoms with E-state index in [1.807, 2.05) is 45.0 Å². The maximum atomic E-state index is 12.1. The van der Waals surface area contributed by atoms with Gasteiger partial charge in [-0.3, -0.25) is 9.36 Å². The van der Waals surface area contributed by atoms with Gasteiger partial charge in [0.1, 0.15) is 5.78 Å². The van der Waals surface area contributed by atoms with Crippen molar-refractivity contribution >= 4 is 16.7 Å². The highest BCUT2D eigenvalue weighted by Crippen LogP contribution is 2.26. The van der Waals surface area contributed by atoms with E-state index in [-0.39, 0.29) is 23.4 Å². The Morgan fingerprint density at radius 2 is 1.89 bits per heavy atom. The van der Waals surface area contributed by atoms with E-state index >= 15 is 0 Å². The summed E-state index contributed by atoms with van der Waals surface area (Å²) >= 11 is 0. The molecule has 19 heavy (non-hydrogen) atoms. The zero-order valence-electron chi connectivity index (χ0n) is 11.7. The second-order valence-electron chi connectivity index (χ2n) is 5.80. The van der Waals surface area contributed by atoms with Crippen molar-refractivity contribution in [3.63, 3.8) is 0 Å². The summed E-state index contributed by atoms with van der Waals surface area (Å²) in [6.07, 6.45) is 0. The van der Waals surface area contributed by atoms with Crippen molar-refractivity contribution in [2.45, 2.75) is 39.7 Å². The lowest BCUT2D eigenvalue weighted by molar-refractivity contribution is -0.117. The molecule has 1 heterocycles. The molecule has 0 saturated heterocycles. The van der Waals surface area contributed by atoms with Crippen LogP contribution in [0.15, 0.2) is 29.1 Å². The van der Waals surface area contributed by atoms with E-state index in [0.29, 0.717) is 0 Å². The van der Waals surface area contributed by atoms with Gasteiger partial charge in [0.2, 0.25) is 0 Å². The summed E-state index contributed by atoms with van der Waals surface area (Å²) in [6.45, 7) is 7.61. The lowest BCUT2D eigenvalue weighted by Gasteiger charge is -2.21. The summed E-state index contributed by atoms with van der Waals surface area (Å²) in [6, 6.07) is 7.59. The van der Waals surface area contributed by atoms with E-state index in [1.165, 1.54) is 11.5 Å². The Labute approximate surface area is 112 Å². The van der Waals surface area contributed by atoms with Crippen LogP contribution in [0.5, 0.6) is 0 Å². The van der Waals surface area contributed by atoms with Crippen LogP contribution in [0.4, 0.5) is 0 Å². The minimum absolute atomic E-state index is 0.0578. The fourth-order valence-electron chi connectivity index (χ4n) is 2.18. The van der Waals surface area contributed by atoms with Crippen LogP contribution >= 0.6 is 0 Å². The summed E-state index contributed by atoms with van der Waals surface area (Å²) in [5.74, 6) is -0.0578. The van der Waals surface area contributed by atoms with E-state index in [9.17, 15) is 9.59 Å². The summed E-state index contributed by atoms with van der Waals surface area (Å²) in [4.78, 5) is 27.6. The molecular weight excluding hydrogens is 240 g/mol. The summed E-state index contributed by atoms with van der Waals surface area (Å²) in [7, 11) is 0. The molecule has 2 aromatic rings. The molecule has 0 amide bonds. The molecule has 0 bridgehead atoms. The highest BCUT2D eigenvalue weighted by Gasteiger charge is 2.21. The third kappa shape index (κ3) is 2.57. The molecular formula is C15H18N2O2. The Balaban J connectivity index is 2.85. The first-order valence-corrected chi connectivity index (χ1v) is 6.30. The average Bonchev–Trinajstić information content (AvgIpc) is 2.30. The predicted octanol–water partition coefficient (Wildman–Crippen LogP) is 2.28. The van der Waals surface area contributed by atoms with Crippen LogP contribution in [0.1, 0.15) is 33.4 Å². The van der Waals surface area contributed by atoms with Gasteiger partial charge in [-0.25, -0.2) is 4.79 Å². The Bertz CT molecular complexity index is 693. The fraction of sp³-hybridized carbons (Fsp3) is 0.400. The van der Waals surface area contributed by atoms with Gasteiger partial charge in [0.25, 0.3) is 0 Å². The van der Waals surface area contributed by atoms with Gasteiger partial charge >= 0.3 is 5.69 Å². The molecule has 0 aliphatic heterocycles. The van der Waals surface area contributed by atoms with Crippen molar-refractivity contribution in [1.82, 2.24) is 9.55 Å². The second-order valence-corrected chi connectivity index (χ2v) is 5.80. The molecule has 0 atom stereocenters. The van der Waals surface area contributed by atoms with Gasteiger partial charge in [-0.1, -0.05) is 39.0 Å². The molecule has 1 aromatic heterocycles. The van der Waals surface area contributed by atoms with Crippen LogP contribution in [-0.4, -0.2) is 15.3 Å². The van der Waals surface area contributed by atoms with Gasteiger partial charge in [-0.2, -0.15) is 4.98 Å². The van der Waals surface area contributed by atoms with Gasteiger partial charge < -0.3 is 0 Å². The van der Waals surface area contributed by atoms with Crippen LogP contribution < -0.4 is 5.69 Å². The molecule has 2 rings (SSSR count). The van der Waals surface area contributed by atoms with E-state index < -0.39 is 0 Å². The van der Waals surface area contributed by atoms with Gasteiger partial charge in [0.15, 0.2) is 0 Å². The van der Waals surface area contributed by atoms with E-state index in [1.54, 1.807) is 0 Å². The number of nitrogens with zero attached hydrogens (tertiary/aromatic N) is 2. The molecule has 0 saturated carbocycles. The quantitative estimate of drug-likeness (QED) is 0.830. The van der Waals surface area contributed by atoms with Crippen molar-refractivity contribution < 1.29 is 4.79 Å². The smallest absolute Gasteiger partial charge is 0.298 e. The monoisotopic (exact) mass is 258 g/mol. The molecule has 1 aromatic carbocycles. The molecule has 4 heteroatoms. The zero-order valence-corrected chi connectivity index (χ0v) is 11.7. The molecule has 0 spiro atoms. The SMILES string of the molecule is CC(=O)Cn1c(=O)nc(C(C)(C)C)c2ccccc21. The highest BCUT2D eigenvalue weighted by molar-refractivity contribution is 5.84. The molecule has 0 radical (unpaired) electrons. The Morgan fingerprint density at radius 3 is 2.47 bits per heavy atom. The number of Topliss-reactive ketones (excluding diaryl/α,β-unsaturated/α-hetero) is 1. The molecule has 0 aliphatic rings. The number of hydrogen-bond acceptors (Lipinski definition) is 3.